The molecule has 1 aromatic rings. The maximum atomic E-state index is 11.4. The number of hydrogen-bond donors (Lipinski definition) is 4. The van der Waals surface area contributed by atoms with Crippen LogP contribution in [0.15, 0.2) is 11.4 Å². The number of carbonyl (C=O) groups is 1. The van der Waals surface area contributed by atoms with Gasteiger partial charge >= 0.3 is 0 Å². The van der Waals surface area contributed by atoms with Crippen LogP contribution in [0.3, 0.4) is 0 Å². The fourth-order valence-electron chi connectivity index (χ4n) is 1.03. The summed E-state index contributed by atoms with van der Waals surface area (Å²) in [5, 5.41) is 20.1. The molecule has 0 aliphatic rings. The first-order chi connectivity index (χ1) is 7.69. The van der Waals surface area contributed by atoms with Crippen molar-refractivity contribution in [3.63, 3.8) is 0 Å². The number of nitrogens with zero attached hydrogens (tertiary/aromatic N) is 2. The average Bonchev–Trinajstić information content (AvgIpc) is 2.73. The van der Waals surface area contributed by atoms with Gasteiger partial charge in [-0.05, 0) is 0 Å². The maximum Gasteiger partial charge on any atom is 0.227 e. The van der Waals surface area contributed by atoms with Gasteiger partial charge in [-0.15, -0.1) is 0 Å². The average molecular weight is 227 g/mol. The predicted octanol–water partition coefficient (Wildman–Crippen LogP) is -0.521. The number of oxime groups is 1. The van der Waals surface area contributed by atoms with Gasteiger partial charge < -0.3 is 21.0 Å². The Labute approximate surface area is 91.5 Å². The van der Waals surface area contributed by atoms with Gasteiger partial charge in [-0.3, -0.25) is 9.89 Å². The van der Waals surface area contributed by atoms with Crippen LogP contribution in [0, 0.1) is 0 Å². The van der Waals surface area contributed by atoms with Gasteiger partial charge in [-0.2, -0.15) is 5.10 Å². The van der Waals surface area contributed by atoms with Crippen LogP contribution in [0.5, 0.6) is 0 Å². The first-order valence-electron chi connectivity index (χ1n) is 4.49. The van der Waals surface area contributed by atoms with Crippen LogP contribution >= 0.6 is 0 Å². The van der Waals surface area contributed by atoms with Crippen LogP contribution in [-0.4, -0.2) is 40.9 Å². The van der Waals surface area contributed by atoms with E-state index in [1.165, 1.54) is 13.3 Å². The molecule has 88 valence electrons. The summed E-state index contributed by atoms with van der Waals surface area (Å²) in [6.45, 7) is 0.318. The molecule has 16 heavy (non-hydrogen) atoms. The monoisotopic (exact) mass is 227 g/mol. The normalized spacial score (nSPS) is 11.4. The number of methoxy groups -OCH3 is 1. The standard InChI is InChI=1S/C8H13N5O3/c1-16-3-2-6(14)11-8-5(4-10-12-8)7(9)13-15/h4,15H,2-3H2,1H3,(H2,9,13)(H2,10,11,12,14). The Hall–Kier alpha value is -2.09. The molecule has 0 radical (unpaired) electrons. The van der Waals surface area contributed by atoms with Crippen molar-refractivity contribution >= 4 is 17.6 Å². The molecule has 0 aromatic carbocycles. The number of hydrogen-bond acceptors (Lipinski definition) is 5. The smallest absolute Gasteiger partial charge is 0.227 e. The zero-order valence-electron chi connectivity index (χ0n) is 8.73. The Morgan fingerprint density at radius 2 is 2.56 bits per heavy atom. The highest BCUT2D eigenvalue weighted by Gasteiger charge is 2.11. The Bertz CT molecular complexity index is 387. The molecule has 0 atom stereocenters. The van der Waals surface area contributed by atoms with Crippen molar-refractivity contribution in [1.29, 1.82) is 0 Å². The van der Waals surface area contributed by atoms with Crippen molar-refractivity contribution in [2.75, 3.05) is 19.0 Å². The van der Waals surface area contributed by atoms with E-state index in [-0.39, 0.29) is 24.0 Å². The van der Waals surface area contributed by atoms with E-state index >= 15 is 0 Å². The Morgan fingerprint density at radius 3 is 3.19 bits per heavy atom. The number of amides is 1. The SMILES string of the molecule is COCCC(=O)Nc1[nH]ncc1C(N)=NO. The van der Waals surface area contributed by atoms with Crippen molar-refractivity contribution in [3.05, 3.63) is 11.8 Å². The molecule has 0 fully saturated rings. The minimum absolute atomic E-state index is 0.129. The third-order valence-corrected chi connectivity index (χ3v) is 1.82. The van der Waals surface area contributed by atoms with Gasteiger partial charge in [-0.25, -0.2) is 0 Å². The molecule has 1 aromatic heterocycles. The number of aromatic nitrogens is 2. The Morgan fingerprint density at radius 1 is 1.81 bits per heavy atom. The number of H-pyrrole nitrogens is 1. The van der Waals surface area contributed by atoms with E-state index in [0.717, 1.165) is 0 Å². The van der Waals surface area contributed by atoms with Crippen LogP contribution in [0.4, 0.5) is 5.82 Å². The van der Waals surface area contributed by atoms with Crippen molar-refractivity contribution in [1.82, 2.24) is 10.2 Å². The third kappa shape index (κ3) is 2.95. The molecule has 1 rings (SSSR count). The zero-order chi connectivity index (χ0) is 12.0. The highest BCUT2D eigenvalue weighted by atomic mass is 16.5. The highest BCUT2D eigenvalue weighted by molar-refractivity contribution is 6.04. The van der Waals surface area contributed by atoms with Crippen molar-refractivity contribution in [2.24, 2.45) is 10.9 Å². The van der Waals surface area contributed by atoms with E-state index in [1.807, 2.05) is 0 Å². The number of carbonyl (C=O) groups excluding carboxylic acids is 1. The Kier molecular flexibility index (Phi) is 4.28. The summed E-state index contributed by atoms with van der Waals surface area (Å²) in [6, 6.07) is 0. The lowest BCUT2D eigenvalue weighted by atomic mass is 10.3. The second-order valence-electron chi connectivity index (χ2n) is 2.93. The quantitative estimate of drug-likeness (QED) is 0.233. The van der Waals surface area contributed by atoms with Crippen LogP contribution in [0.2, 0.25) is 0 Å². The van der Waals surface area contributed by atoms with Crippen LogP contribution < -0.4 is 11.1 Å². The van der Waals surface area contributed by atoms with Crippen molar-refractivity contribution in [3.8, 4) is 0 Å². The van der Waals surface area contributed by atoms with E-state index in [9.17, 15) is 4.79 Å². The summed E-state index contributed by atoms with van der Waals surface area (Å²) < 4.78 is 4.76. The van der Waals surface area contributed by atoms with Crippen LogP contribution in [0.25, 0.3) is 0 Å². The lowest BCUT2D eigenvalue weighted by Crippen LogP contribution is -2.19. The minimum Gasteiger partial charge on any atom is -0.409 e. The molecule has 8 heteroatoms. The van der Waals surface area contributed by atoms with E-state index in [4.69, 9.17) is 15.7 Å². The van der Waals surface area contributed by atoms with Crippen molar-refractivity contribution < 1.29 is 14.7 Å². The second kappa shape index (κ2) is 5.71. The molecule has 1 heterocycles. The summed E-state index contributed by atoms with van der Waals surface area (Å²) in [6.07, 6.45) is 1.56. The first kappa shape index (κ1) is 12.0. The van der Waals surface area contributed by atoms with Gasteiger partial charge in [0.15, 0.2) is 5.84 Å². The molecule has 0 unspecified atom stereocenters. The van der Waals surface area contributed by atoms with Gasteiger partial charge in [0.05, 0.1) is 24.8 Å². The van der Waals surface area contributed by atoms with E-state index < -0.39 is 0 Å². The van der Waals surface area contributed by atoms with E-state index in [1.54, 1.807) is 0 Å². The fraction of sp³-hybridized carbons (Fsp3) is 0.375. The van der Waals surface area contributed by atoms with Crippen molar-refractivity contribution in [2.45, 2.75) is 6.42 Å². The highest BCUT2D eigenvalue weighted by Crippen LogP contribution is 2.10. The summed E-state index contributed by atoms with van der Waals surface area (Å²) in [5.41, 5.74) is 5.71. The van der Waals surface area contributed by atoms with Crippen LogP contribution in [-0.2, 0) is 9.53 Å². The summed E-state index contributed by atoms with van der Waals surface area (Å²) in [4.78, 5) is 11.4. The summed E-state index contributed by atoms with van der Waals surface area (Å²) in [5.74, 6) is -0.0923. The fourth-order valence-corrected chi connectivity index (χ4v) is 1.03. The molecule has 0 aliphatic carbocycles. The lowest BCUT2D eigenvalue weighted by molar-refractivity contribution is -0.117. The Balaban J connectivity index is 2.67. The number of nitrogens with one attached hydrogen (secondary N) is 2. The molecule has 0 saturated carbocycles. The topological polar surface area (TPSA) is 126 Å². The summed E-state index contributed by atoms with van der Waals surface area (Å²) in [7, 11) is 1.51. The van der Waals surface area contributed by atoms with E-state index in [2.05, 4.69) is 20.7 Å². The number of amidine groups is 1. The lowest BCUT2D eigenvalue weighted by Gasteiger charge is -2.04. The van der Waals surface area contributed by atoms with Gasteiger partial charge in [-0.1, -0.05) is 5.16 Å². The minimum atomic E-state index is -0.252. The zero-order valence-corrected chi connectivity index (χ0v) is 8.73. The molecule has 0 bridgehead atoms. The maximum absolute atomic E-state index is 11.4. The molecule has 0 spiro atoms. The molecule has 0 aliphatic heterocycles. The third-order valence-electron chi connectivity index (χ3n) is 1.82. The predicted molar refractivity (Wildman–Crippen MR) is 56.2 cm³/mol. The van der Waals surface area contributed by atoms with Gasteiger partial charge in [0, 0.05) is 7.11 Å². The largest absolute Gasteiger partial charge is 0.409 e. The van der Waals surface area contributed by atoms with E-state index in [0.29, 0.717) is 12.2 Å². The number of aromatic amines is 1. The summed E-state index contributed by atoms with van der Waals surface area (Å²) >= 11 is 0. The van der Waals surface area contributed by atoms with Gasteiger partial charge in [0.25, 0.3) is 0 Å². The number of anilines is 1. The van der Waals surface area contributed by atoms with Crippen LogP contribution in [0.1, 0.15) is 12.0 Å². The molecule has 1 amide bonds. The number of rotatable bonds is 5. The number of nitrogens with two attached hydrogens (primary N) is 1. The van der Waals surface area contributed by atoms with Gasteiger partial charge in [0.2, 0.25) is 5.91 Å². The van der Waals surface area contributed by atoms with Gasteiger partial charge in [0.1, 0.15) is 5.82 Å². The first-order valence-corrected chi connectivity index (χ1v) is 4.49. The molecule has 0 saturated heterocycles. The molecular formula is C8H13N5O3. The number of ether oxygens (including phenoxy) is 1. The molecular weight excluding hydrogens is 214 g/mol. The molecule has 8 nitrogen and oxygen atoms in total. The molecule has 5 N–H and O–H groups in total. The second-order valence-corrected chi connectivity index (χ2v) is 2.93.